The van der Waals surface area contributed by atoms with Crippen LogP contribution in [0.5, 0.6) is 0 Å². The number of likely N-dealkylation sites (tertiary alicyclic amines) is 1. The zero-order valence-electron chi connectivity index (χ0n) is 13.8. The van der Waals surface area contributed by atoms with E-state index in [2.05, 4.69) is 10.3 Å². The zero-order chi connectivity index (χ0) is 17.6. The van der Waals surface area contributed by atoms with E-state index in [4.69, 9.17) is 11.6 Å². The molecule has 130 valence electrons. The van der Waals surface area contributed by atoms with Gasteiger partial charge in [-0.15, -0.1) is 0 Å². The molecule has 1 fully saturated rings. The van der Waals surface area contributed by atoms with E-state index in [1.807, 2.05) is 30.3 Å². The molecule has 1 aromatic heterocycles. The van der Waals surface area contributed by atoms with Crippen LogP contribution in [0.4, 0.5) is 0 Å². The van der Waals surface area contributed by atoms with Gasteiger partial charge in [-0.1, -0.05) is 41.9 Å². The summed E-state index contributed by atoms with van der Waals surface area (Å²) >= 11 is 5.84. The lowest BCUT2D eigenvalue weighted by Crippen LogP contribution is -2.42. The van der Waals surface area contributed by atoms with Crippen molar-refractivity contribution in [3.8, 4) is 0 Å². The van der Waals surface area contributed by atoms with Gasteiger partial charge in [-0.05, 0) is 30.5 Å². The first-order valence-corrected chi connectivity index (χ1v) is 8.74. The lowest BCUT2D eigenvalue weighted by atomic mass is 9.95. The highest BCUT2D eigenvalue weighted by molar-refractivity contribution is 6.29. The van der Waals surface area contributed by atoms with E-state index in [1.54, 1.807) is 17.0 Å². The van der Waals surface area contributed by atoms with Crippen LogP contribution in [0.3, 0.4) is 0 Å². The van der Waals surface area contributed by atoms with Crippen molar-refractivity contribution in [3.05, 3.63) is 64.9 Å². The van der Waals surface area contributed by atoms with Gasteiger partial charge in [0.05, 0.1) is 0 Å². The molecule has 3 rings (SSSR count). The SMILES string of the molecule is O=C(NCc1ccccc1)C1CCN(C(=O)c2ccnc(Cl)c2)CC1. The normalized spacial score (nSPS) is 15.0. The van der Waals surface area contributed by atoms with E-state index in [0.717, 1.165) is 5.56 Å². The topological polar surface area (TPSA) is 62.3 Å². The van der Waals surface area contributed by atoms with Crippen molar-refractivity contribution in [2.24, 2.45) is 5.92 Å². The van der Waals surface area contributed by atoms with E-state index in [-0.39, 0.29) is 17.7 Å². The summed E-state index contributed by atoms with van der Waals surface area (Å²) in [4.78, 5) is 30.5. The Labute approximate surface area is 152 Å². The second kappa shape index (κ2) is 8.12. The van der Waals surface area contributed by atoms with Gasteiger partial charge in [0.15, 0.2) is 0 Å². The minimum Gasteiger partial charge on any atom is -0.352 e. The van der Waals surface area contributed by atoms with Gasteiger partial charge >= 0.3 is 0 Å². The smallest absolute Gasteiger partial charge is 0.254 e. The molecule has 1 aliphatic rings. The average Bonchev–Trinajstić information content (AvgIpc) is 2.66. The average molecular weight is 358 g/mol. The van der Waals surface area contributed by atoms with Crippen molar-refractivity contribution in [2.45, 2.75) is 19.4 Å². The van der Waals surface area contributed by atoms with E-state index >= 15 is 0 Å². The number of nitrogens with one attached hydrogen (secondary N) is 1. The Kier molecular flexibility index (Phi) is 5.66. The Morgan fingerprint density at radius 2 is 1.88 bits per heavy atom. The van der Waals surface area contributed by atoms with Gasteiger partial charge in [0, 0.05) is 37.3 Å². The summed E-state index contributed by atoms with van der Waals surface area (Å²) in [5.41, 5.74) is 1.62. The summed E-state index contributed by atoms with van der Waals surface area (Å²) in [6, 6.07) is 13.1. The Hall–Kier alpha value is -2.40. The number of rotatable bonds is 4. The van der Waals surface area contributed by atoms with Crippen LogP contribution < -0.4 is 5.32 Å². The molecule has 0 spiro atoms. The molecule has 2 heterocycles. The molecule has 0 bridgehead atoms. The maximum Gasteiger partial charge on any atom is 0.254 e. The van der Waals surface area contributed by atoms with Crippen LogP contribution in [-0.2, 0) is 11.3 Å². The Morgan fingerprint density at radius 3 is 2.56 bits per heavy atom. The number of piperidine rings is 1. The molecule has 0 atom stereocenters. The number of carbonyl (C=O) groups excluding carboxylic acids is 2. The highest BCUT2D eigenvalue weighted by Crippen LogP contribution is 2.20. The van der Waals surface area contributed by atoms with Crippen LogP contribution in [0.1, 0.15) is 28.8 Å². The van der Waals surface area contributed by atoms with E-state index < -0.39 is 0 Å². The van der Waals surface area contributed by atoms with Crippen LogP contribution in [0.25, 0.3) is 0 Å². The number of carbonyl (C=O) groups is 2. The van der Waals surface area contributed by atoms with Crippen LogP contribution >= 0.6 is 11.6 Å². The molecule has 5 nitrogen and oxygen atoms in total. The van der Waals surface area contributed by atoms with E-state index in [9.17, 15) is 9.59 Å². The van der Waals surface area contributed by atoms with Gasteiger partial charge in [0.2, 0.25) is 5.91 Å². The summed E-state index contributed by atoms with van der Waals surface area (Å²) in [7, 11) is 0. The molecule has 6 heteroatoms. The number of aromatic nitrogens is 1. The molecule has 1 aliphatic heterocycles. The van der Waals surface area contributed by atoms with Gasteiger partial charge in [0.1, 0.15) is 5.15 Å². The highest BCUT2D eigenvalue weighted by Gasteiger charge is 2.27. The molecule has 0 radical (unpaired) electrons. The van der Waals surface area contributed by atoms with Crippen molar-refractivity contribution in [2.75, 3.05) is 13.1 Å². The second-order valence-corrected chi connectivity index (χ2v) is 6.52. The summed E-state index contributed by atoms with van der Waals surface area (Å²) in [6.45, 7) is 1.68. The summed E-state index contributed by atoms with van der Waals surface area (Å²) in [5, 5.41) is 3.29. The minimum absolute atomic E-state index is 0.0474. The molecule has 1 N–H and O–H groups in total. The molecular formula is C19H20ClN3O2. The molecule has 25 heavy (non-hydrogen) atoms. The van der Waals surface area contributed by atoms with Gasteiger partial charge in [-0.3, -0.25) is 9.59 Å². The van der Waals surface area contributed by atoms with Crippen molar-refractivity contribution in [3.63, 3.8) is 0 Å². The number of pyridine rings is 1. The highest BCUT2D eigenvalue weighted by atomic mass is 35.5. The molecule has 1 saturated heterocycles. The molecule has 0 saturated carbocycles. The van der Waals surface area contributed by atoms with Crippen LogP contribution in [0, 0.1) is 5.92 Å². The van der Waals surface area contributed by atoms with Crippen LogP contribution in [0.15, 0.2) is 48.7 Å². The number of amides is 2. The maximum atomic E-state index is 12.5. The zero-order valence-corrected chi connectivity index (χ0v) is 14.6. The van der Waals surface area contributed by atoms with Crippen molar-refractivity contribution in [1.82, 2.24) is 15.2 Å². The quantitative estimate of drug-likeness (QED) is 0.856. The van der Waals surface area contributed by atoms with E-state index in [1.165, 1.54) is 6.20 Å². The number of nitrogens with zero attached hydrogens (tertiary/aromatic N) is 2. The molecule has 2 aromatic rings. The summed E-state index contributed by atoms with van der Waals surface area (Å²) in [6.07, 6.45) is 2.87. The first-order chi connectivity index (χ1) is 12.1. The molecule has 2 amide bonds. The molecular weight excluding hydrogens is 338 g/mol. The molecule has 0 unspecified atom stereocenters. The van der Waals surface area contributed by atoms with Gasteiger partial charge in [-0.2, -0.15) is 0 Å². The van der Waals surface area contributed by atoms with Crippen molar-refractivity contribution in [1.29, 1.82) is 0 Å². The van der Waals surface area contributed by atoms with Crippen molar-refractivity contribution >= 4 is 23.4 Å². The molecule has 0 aliphatic carbocycles. The number of halogens is 1. The monoisotopic (exact) mass is 357 g/mol. The van der Waals surface area contributed by atoms with E-state index in [0.29, 0.717) is 43.2 Å². The van der Waals surface area contributed by atoms with Gasteiger partial charge in [0.25, 0.3) is 5.91 Å². The summed E-state index contributed by atoms with van der Waals surface area (Å²) in [5.74, 6) is -0.0517. The lowest BCUT2D eigenvalue weighted by molar-refractivity contribution is -0.126. The third-order valence-electron chi connectivity index (χ3n) is 4.44. The summed E-state index contributed by atoms with van der Waals surface area (Å²) < 4.78 is 0. The van der Waals surface area contributed by atoms with Gasteiger partial charge < -0.3 is 10.2 Å². The van der Waals surface area contributed by atoms with Crippen molar-refractivity contribution < 1.29 is 9.59 Å². The largest absolute Gasteiger partial charge is 0.352 e. The first kappa shape index (κ1) is 17.4. The number of hydrogen-bond donors (Lipinski definition) is 1. The third-order valence-corrected chi connectivity index (χ3v) is 4.64. The Bertz CT molecular complexity index is 743. The third kappa shape index (κ3) is 4.57. The first-order valence-electron chi connectivity index (χ1n) is 8.36. The van der Waals surface area contributed by atoms with Crippen LogP contribution in [0.2, 0.25) is 5.15 Å². The lowest BCUT2D eigenvalue weighted by Gasteiger charge is -2.31. The standard InChI is InChI=1S/C19H20ClN3O2/c20-17-12-16(6-9-21-17)19(25)23-10-7-15(8-11-23)18(24)22-13-14-4-2-1-3-5-14/h1-6,9,12,15H,7-8,10-11,13H2,(H,22,24). The molecule has 1 aromatic carbocycles. The van der Waals surface area contributed by atoms with Gasteiger partial charge in [-0.25, -0.2) is 4.98 Å². The fraction of sp³-hybridized carbons (Fsp3) is 0.316. The predicted molar refractivity (Wildman–Crippen MR) is 96.2 cm³/mol. The minimum atomic E-state index is -0.0626. The Balaban J connectivity index is 1.49. The second-order valence-electron chi connectivity index (χ2n) is 6.14. The van der Waals surface area contributed by atoms with Crippen LogP contribution in [-0.4, -0.2) is 34.8 Å². The fourth-order valence-electron chi connectivity index (χ4n) is 2.99. The fourth-order valence-corrected chi connectivity index (χ4v) is 3.17. The Morgan fingerprint density at radius 1 is 1.16 bits per heavy atom. The number of hydrogen-bond acceptors (Lipinski definition) is 3. The maximum absolute atomic E-state index is 12.5. The predicted octanol–water partition coefficient (Wildman–Crippen LogP) is 2.90. The number of benzene rings is 1.